The molecular formula is C21H15ClN2O2. The van der Waals surface area contributed by atoms with E-state index in [1.54, 1.807) is 24.4 Å². The molecule has 0 saturated carbocycles. The number of aryl methyl sites for hydroxylation is 1. The summed E-state index contributed by atoms with van der Waals surface area (Å²) < 4.78 is 5.87. The van der Waals surface area contributed by atoms with E-state index in [1.165, 1.54) is 0 Å². The van der Waals surface area contributed by atoms with Crippen LogP contribution in [0, 0.1) is 6.92 Å². The van der Waals surface area contributed by atoms with E-state index in [2.05, 4.69) is 9.98 Å². The molecular weight excluding hydrogens is 348 g/mol. The minimum absolute atomic E-state index is 0.127. The molecule has 5 heteroatoms. The van der Waals surface area contributed by atoms with E-state index in [1.807, 2.05) is 49.4 Å². The van der Waals surface area contributed by atoms with Crippen molar-refractivity contribution in [3.63, 3.8) is 0 Å². The second-order valence-corrected chi connectivity index (χ2v) is 6.38. The van der Waals surface area contributed by atoms with Crippen molar-refractivity contribution in [1.29, 1.82) is 0 Å². The van der Waals surface area contributed by atoms with Gasteiger partial charge in [0.05, 0.1) is 5.69 Å². The van der Waals surface area contributed by atoms with Crippen molar-refractivity contribution >= 4 is 34.6 Å². The van der Waals surface area contributed by atoms with Gasteiger partial charge in [0.25, 0.3) is 0 Å². The van der Waals surface area contributed by atoms with Gasteiger partial charge in [-0.3, -0.25) is 4.99 Å². The predicted octanol–water partition coefficient (Wildman–Crippen LogP) is 5.91. The Bertz CT molecular complexity index is 1130. The monoisotopic (exact) mass is 362 g/mol. The van der Waals surface area contributed by atoms with Gasteiger partial charge >= 0.3 is 0 Å². The standard InChI is InChI=1S/C21H15ClN2O2/c1-13-4-2-3-5-17(13)21-24-18-11-16(7-9-20(18)26-21)23-12-14-10-15(22)6-8-19(14)25/h2-12,25H,1H3. The minimum atomic E-state index is 0.127. The van der Waals surface area contributed by atoms with Gasteiger partial charge in [-0.15, -0.1) is 0 Å². The summed E-state index contributed by atoms with van der Waals surface area (Å²) in [5.41, 5.74) is 4.77. The summed E-state index contributed by atoms with van der Waals surface area (Å²) in [5, 5.41) is 10.4. The summed E-state index contributed by atoms with van der Waals surface area (Å²) in [6.07, 6.45) is 1.57. The third-order valence-electron chi connectivity index (χ3n) is 4.09. The maximum Gasteiger partial charge on any atom is 0.227 e. The van der Waals surface area contributed by atoms with E-state index in [9.17, 15) is 5.11 Å². The van der Waals surface area contributed by atoms with Crippen LogP contribution in [0.3, 0.4) is 0 Å². The molecule has 3 aromatic carbocycles. The first kappa shape index (κ1) is 16.4. The van der Waals surface area contributed by atoms with Crippen molar-refractivity contribution in [2.75, 3.05) is 0 Å². The summed E-state index contributed by atoms with van der Waals surface area (Å²) in [7, 11) is 0. The fraction of sp³-hybridized carbons (Fsp3) is 0.0476. The average molecular weight is 363 g/mol. The lowest BCUT2D eigenvalue weighted by atomic mass is 10.1. The van der Waals surface area contributed by atoms with Crippen LogP contribution in [0.15, 0.2) is 70.1 Å². The number of fused-ring (bicyclic) bond motifs is 1. The Hall–Kier alpha value is -3.11. The molecule has 1 N–H and O–H groups in total. The van der Waals surface area contributed by atoms with Crippen LogP contribution in [0.4, 0.5) is 5.69 Å². The Morgan fingerprint density at radius 1 is 1.08 bits per heavy atom. The highest BCUT2D eigenvalue weighted by Crippen LogP contribution is 2.29. The summed E-state index contributed by atoms with van der Waals surface area (Å²) in [5.74, 6) is 0.717. The third-order valence-corrected chi connectivity index (χ3v) is 4.32. The van der Waals surface area contributed by atoms with Crippen LogP contribution in [0.1, 0.15) is 11.1 Å². The highest BCUT2D eigenvalue weighted by Gasteiger charge is 2.10. The van der Waals surface area contributed by atoms with Gasteiger partial charge in [0.15, 0.2) is 5.58 Å². The fourth-order valence-electron chi connectivity index (χ4n) is 2.70. The molecule has 0 bridgehead atoms. The highest BCUT2D eigenvalue weighted by molar-refractivity contribution is 6.30. The molecule has 1 aromatic heterocycles. The fourth-order valence-corrected chi connectivity index (χ4v) is 2.88. The Morgan fingerprint density at radius 3 is 2.77 bits per heavy atom. The minimum Gasteiger partial charge on any atom is -0.507 e. The van der Waals surface area contributed by atoms with Gasteiger partial charge in [-0.25, -0.2) is 4.98 Å². The van der Waals surface area contributed by atoms with Crippen LogP contribution in [0.2, 0.25) is 5.02 Å². The van der Waals surface area contributed by atoms with Crippen molar-refractivity contribution in [3.8, 4) is 17.2 Å². The second-order valence-electron chi connectivity index (χ2n) is 5.95. The molecule has 1 heterocycles. The SMILES string of the molecule is Cc1ccccc1-c1nc2cc(N=Cc3cc(Cl)ccc3O)ccc2o1. The number of aliphatic imine (C=N–C) groups is 1. The zero-order valence-corrected chi connectivity index (χ0v) is 14.7. The Kier molecular flexibility index (Phi) is 4.19. The van der Waals surface area contributed by atoms with Crippen molar-refractivity contribution in [3.05, 3.63) is 76.8 Å². The van der Waals surface area contributed by atoms with E-state index in [-0.39, 0.29) is 5.75 Å². The smallest absolute Gasteiger partial charge is 0.227 e. The van der Waals surface area contributed by atoms with E-state index in [4.69, 9.17) is 16.0 Å². The van der Waals surface area contributed by atoms with Gasteiger partial charge in [0.1, 0.15) is 11.3 Å². The molecule has 26 heavy (non-hydrogen) atoms. The van der Waals surface area contributed by atoms with Gasteiger partial charge in [0.2, 0.25) is 5.89 Å². The Balaban J connectivity index is 1.69. The maximum absolute atomic E-state index is 9.86. The van der Waals surface area contributed by atoms with E-state index in [0.717, 1.165) is 16.6 Å². The van der Waals surface area contributed by atoms with Gasteiger partial charge in [-0.05, 0) is 55.0 Å². The number of nitrogens with zero attached hydrogens (tertiary/aromatic N) is 2. The highest BCUT2D eigenvalue weighted by atomic mass is 35.5. The molecule has 0 spiro atoms. The first-order valence-electron chi connectivity index (χ1n) is 8.09. The number of benzene rings is 3. The molecule has 0 atom stereocenters. The predicted molar refractivity (Wildman–Crippen MR) is 105 cm³/mol. The number of oxazole rings is 1. The molecule has 0 saturated heterocycles. The van der Waals surface area contributed by atoms with Crippen molar-refractivity contribution in [2.45, 2.75) is 6.92 Å². The number of halogens is 1. The summed E-state index contributed by atoms with van der Waals surface area (Å²) >= 11 is 5.96. The summed E-state index contributed by atoms with van der Waals surface area (Å²) in [6.45, 7) is 2.03. The van der Waals surface area contributed by atoms with E-state index in [0.29, 0.717) is 27.7 Å². The number of phenols is 1. The maximum atomic E-state index is 9.86. The molecule has 0 unspecified atom stereocenters. The van der Waals surface area contributed by atoms with Crippen LogP contribution in [0.25, 0.3) is 22.6 Å². The lowest BCUT2D eigenvalue weighted by Crippen LogP contribution is -1.82. The molecule has 0 fully saturated rings. The Morgan fingerprint density at radius 2 is 1.92 bits per heavy atom. The van der Waals surface area contributed by atoms with Crippen LogP contribution in [0.5, 0.6) is 5.75 Å². The summed E-state index contributed by atoms with van der Waals surface area (Å²) in [4.78, 5) is 8.98. The number of rotatable bonds is 3. The summed E-state index contributed by atoms with van der Waals surface area (Å²) in [6, 6.07) is 18.3. The molecule has 0 aliphatic carbocycles. The van der Waals surface area contributed by atoms with Crippen LogP contribution >= 0.6 is 11.6 Å². The molecule has 0 radical (unpaired) electrons. The zero-order valence-electron chi connectivity index (χ0n) is 14.0. The third kappa shape index (κ3) is 3.19. The molecule has 0 aliphatic heterocycles. The number of aromatic nitrogens is 1. The average Bonchev–Trinajstić information content (AvgIpc) is 3.06. The van der Waals surface area contributed by atoms with Gasteiger partial charge < -0.3 is 9.52 Å². The quantitative estimate of drug-likeness (QED) is 0.460. The van der Waals surface area contributed by atoms with Crippen LogP contribution in [-0.4, -0.2) is 16.3 Å². The van der Waals surface area contributed by atoms with Crippen molar-refractivity contribution in [2.24, 2.45) is 4.99 Å². The molecule has 0 aliphatic rings. The Labute approximate surface area is 155 Å². The van der Waals surface area contributed by atoms with E-state index >= 15 is 0 Å². The molecule has 128 valence electrons. The topological polar surface area (TPSA) is 58.6 Å². The number of hydrogen-bond donors (Lipinski definition) is 1. The first-order chi connectivity index (χ1) is 12.6. The largest absolute Gasteiger partial charge is 0.507 e. The number of hydrogen-bond acceptors (Lipinski definition) is 4. The molecule has 4 rings (SSSR count). The van der Waals surface area contributed by atoms with Crippen molar-refractivity contribution in [1.82, 2.24) is 4.98 Å². The van der Waals surface area contributed by atoms with Crippen LogP contribution in [-0.2, 0) is 0 Å². The number of aromatic hydroxyl groups is 1. The van der Waals surface area contributed by atoms with Gasteiger partial charge in [-0.2, -0.15) is 0 Å². The number of phenolic OH excluding ortho intramolecular Hbond substituents is 1. The second kappa shape index (κ2) is 6.65. The lowest BCUT2D eigenvalue weighted by Gasteiger charge is -1.99. The van der Waals surface area contributed by atoms with Crippen LogP contribution < -0.4 is 0 Å². The van der Waals surface area contributed by atoms with Gasteiger partial charge in [-0.1, -0.05) is 29.8 Å². The lowest BCUT2D eigenvalue weighted by molar-refractivity contribution is 0.474. The molecule has 4 aromatic rings. The molecule has 0 amide bonds. The first-order valence-corrected chi connectivity index (χ1v) is 8.47. The zero-order chi connectivity index (χ0) is 18.1. The van der Waals surface area contributed by atoms with Gasteiger partial charge in [0, 0.05) is 22.4 Å². The van der Waals surface area contributed by atoms with Crippen molar-refractivity contribution < 1.29 is 9.52 Å². The van der Waals surface area contributed by atoms with E-state index < -0.39 is 0 Å². The normalized spacial score (nSPS) is 11.5. The molecule has 4 nitrogen and oxygen atoms in total.